The van der Waals surface area contributed by atoms with Crippen molar-refractivity contribution in [1.29, 1.82) is 0 Å². The first kappa shape index (κ1) is 18.0. The van der Waals surface area contributed by atoms with Crippen LogP contribution >= 0.6 is 0 Å². The van der Waals surface area contributed by atoms with Crippen molar-refractivity contribution in [2.45, 2.75) is 18.8 Å². The highest BCUT2D eigenvalue weighted by molar-refractivity contribution is 5.46. The fourth-order valence-corrected chi connectivity index (χ4v) is 3.34. The molecule has 0 unspecified atom stereocenters. The van der Waals surface area contributed by atoms with Gasteiger partial charge in [0.25, 0.3) is 6.47 Å². The molecule has 26 heavy (non-hydrogen) atoms. The molecule has 5 heteroatoms. The average molecular weight is 351 g/mol. The Bertz CT molecular complexity index is 738. The van der Waals surface area contributed by atoms with Gasteiger partial charge in [-0.15, -0.1) is 0 Å². The highest BCUT2D eigenvalue weighted by atomic mass is 16.5. The maximum atomic E-state index is 10.5. The van der Waals surface area contributed by atoms with E-state index >= 15 is 0 Å². The van der Waals surface area contributed by atoms with Crippen LogP contribution in [0, 0.1) is 0 Å². The number of carbonyl (C=O) groups excluding carboxylic acids is 1. The third-order valence-corrected chi connectivity index (χ3v) is 4.71. The third-order valence-electron chi connectivity index (χ3n) is 4.71. The van der Waals surface area contributed by atoms with E-state index in [4.69, 9.17) is 10.5 Å². The maximum Gasteiger partial charge on any atom is 0.298 e. The SMILES string of the molecule is N/C(=C\Nc1ccccc1)CN1CCC(c2cccc(OC=O)c2)CC1. The van der Waals surface area contributed by atoms with Gasteiger partial charge in [-0.1, -0.05) is 30.3 Å². The molecular formula is C21H25N3O2. The van der Waals surface area contributed by atoms with Crippen molar-refractivity contribution >= 4 is 12.2 Å². The van der Waals surface area contributed by atoms with Crippen molar-refractivity contribution in [1.82, 2.24) is 4.90 Å². The number of hydrogen-bond donors (Lipinski definition) is 2. The monoisotopic (exact) mass is 351 g/mol. The quantitative estimate of drug-likeness (QED) is 0.749. The Labute approximate surface area is 154 Å². The minimum atomic E-state index is 0.473. The highest BCUT2D eigenvalue weighted by Gasteiger charge is 2.21. The van der Waals surface area contributed by atoms with Gasteiger partial charge in [-0.05, 0) is 61.7 Å². The van der Waals surface area contributed by atoms with Crippen molar-refractivity contribution in [2.75, 3.05) is 25.0 Å². The lowest BCUT2D eigenvalue weighted by atomic mass is 9.89. The molecule has 0 radical (unpaired) electrons. The smallest absolute Gasteiger partial charge is 0.298 e. The van der Waals surface area contributed by atoms with Crippen molar-refractivity contribution in [2.24, 2.45) is 5.73 Å². The van der Waals surface area contributed by atoms with Gasteiger partial charge >= 0.3 is 0 Å². The van der Waals surface area contributed by atoms with Gasteiger partial charge in [0.1, 0.15) is 5.75 Å². The first-order valence-electron chi connectivity index (χ1n) is 8.93. The Morgan fingerprint density at radius 2 is 1.92 bits per heavy atom. The number of piperidine rings is 1. The Kier molecular flexibility index (Phi) is 6.28. The molecular weight excluding hydrogens is 326 g/mol. The Hall–Kier alpha value is -2.79. The summed E-state index contributed by atoms with van der Waals surface area (Å²) in [7, 11) is 0. The van der Waals surface area contributed by atoms with E-state index in [2.05, 4.69) is 16.3 Å². The summed E-state index contributed by atoms with van der Waals surface area (Å²) in [6.07, 6.45) is 4.02. The molecule has 0 saturated carbocycles. The van der Waals surface area contributed by atoms with Crippen LogP contribution in [0.3, 0.4) is 0 Å². The van der Waals surface area contributed by atoms with Crippen LogP contribution in [0.25, 0.3) is 0 Å². The summed E-state index contributed by atoms with van der Waals surface area (Å²) in [6, 6.07) is 17.8. The molecule has 2 aromatic rings. The average Bonchev–Trinajstić information content (AvgIpc) is 2.68. The molecule has 1 heterocycles. The first-order chi connectivity index (χ1) is 12.7. The van der Waals surface area contributed by atoms with Crippen LogP contribution in [-0.4, -0.2) is 31.0 Å². The zero-order valence-electron chi connectivity index (χ0n) is 14.8. The van der Waals surface area contributed by atoms with Crippen LogP contribution in [0.1, 0.15) is 24.3 Å². The zero-order valence-corrected chi connectivity index (χ0v) is 14.8. The molecule has 136 valence electrons. The fourth-order valence-electron chi connectivity index (χ4n) is 3.34. The minimum Gasteiger partial charge on any atom is -0.429 e. The summed E-state index contributed by atoms with van der Waals surface area (Å²) in [6.45, 7) is 3.24. The molecule has 1 aliphatic rings. The molecule has 3 rings (SSSR count). The van der Waals surface area contributed by atoms with Crippen LogP contribution in [0.2, 0.25) is 0 Å². The molecule has 0 amide bonds. The lowest BCUT2D eigenvalue weighted by molar-refractivity contribution is -0.120. The molecule has 0 aromatic heterocycles. The van der Waals surface area contributed by atoms with Gasteiger partial charge in [0.15, 0.2) is 0 Å². The molecule has 5 nitrogen and oxygen atoms in total. The van der Waals surface area contributed by atoms with Gasteiger partial charge in [0.05, 0.1) is 0 Å². The van der Waals surface area contributed by atoms with Crippen molar-refractivity contribution in [3.63, 3.8) is 0 Å². The summed E-state index contributed by atoms with van der Waals surface area (Å²) in [5, 5.41) is 3.23. The number of ether oxygens (including phenoxy) is 1. The molecule has 3 N–H and O–H groups in total. The molecule has 0 bridgehead atoms. The molecule has 1 aliphatic heterocycles. The van der Waals surface area contributed by atoms with Crippen LogP contribution in [0.5, 0.6) is 5.75 Å². The van der Waals surface area contributed by atoms with Crippen LogP contribution < -0.4 is 15.8 Å². The third kappa shape index (κ3) is 5.10. The molecule has 2 aromatic carbocycles. The second kappa shape index (κ2) is 9.06. The number of hydrogen-bond acceptors (Lipinski definition) is 5. The van der Waals surface area contributed by atoms with Gasteiger partial charge < -0.3 is 15.8 Å². The zero-order chi connectivity index (χ0) is 18.2. The number of nitrogens with one attached hydrogen (secondary N) is 1. The second-order valence-electron chi connectivity index (χ2n) is 6.57. The number of carbonyl (C=O) groups is 1. The Morgan fingerprint density at radius 1 is 1.15 bits per heavy atom. The number of likely N-dealkylation sites (tertiary alicyclic amines) is 1. The van der Waals surface area contributed by atoms with E-state index in [0.717, 1.165) is 43.9 Å². The van der Waals surface area contributed by atoms with Crippen molar-refractivity contribution in [3.8, 4) is 5.75 Å². The van der Waals surface area contributed by atoms with E-state index in [0.29, 0.717) is 18.1 Å². The predicted octanol–water partition coefficient (Wildman–Crippen LogP) is 3.31. The predicted molar refractivity (Wildman–Crippen MR) is 104 cm³/mol. The van der Waals surface area contributed by atoms with Crippen molar-refractivity contribution < 1.29 is 9.53 Å². The summed E-state index contributed by atoms with van der Waals surface area (Å²) < 4.78 is 4.95. The summed E-state index contributed by atoms with van der Waals surface area (Å²) in [5.41, 5.74) is 9.25. The maximum absolute atomic E-state index is 10.5. The van der Waals surface area contributed by atoms with E-state index < -0.39 is 0 Å². The Morgan fingerprint density at radius 3 is 2.65 bits per heavy atom. The minimum absolute atomic E-state index is 0.473. The standard InChI is InChI=1S/C21H25N3O2/c22-19(14-23-20-6-2-1-3-7-20)15-24-11-9-17(10-12-24)18-5-4-8-21(13-18)26-16-25/h1-8,13-14,16-17,23H,9-12,15,22H2/b19-14-. The largest absolute Gasteiger partial charge is 0.429 e. The van der Waals surface area contributed by atoms with Gasteiger partial charge in [-0.3, -0.25) is 9.69 Å². The second-order valence-corrected chi connectivity index (χ2v) is 6.57. The van der Waals surface area contributed by atoms with Crippen molar-refractivity contribution in [3.05, 3.63) is 72.1 Å². The highest BCUT2D eigenvalue weighted by Crippen LogP contribution is 2.30. The topological polar surface area (TPSA) is 67.6 Å². The number of rotatable bonds is 7. The summed E-state index contributed by atoms with van der Waals surface area (Å²) in [4.78, 5) is 12.9. The van der Waals surface area contributed by atoms with E-state index in [-0.39, 0.29) is 0 Å². The summed E-state index contributed by atoms with van der Waals surface area (Å²) >= 11 is 0. The van der Waals surface area contributed by atoms with E-state index in [9.17, 15) is 4.79 Å². The molecule has 0 spiro atoms. The number of nitrogens with zero attached hydrogens (tertiary/aromatic N) is 1. The summed E-state index contributed by atoms with van der Waals surface area (Å²) in [5.74, 6) is 1.10. The number of benzene rings is 2. The van der Waals surface area contributed by atoms with Gasteiger partial charge in [0.2, 0.25) is 0 Å². The number of nitrogens with two attached hydrogens (primary N) is 1. The van der Waals surface area contributed by atoms with E-state index in [1.165, 1.54) is 5.56 Å². The lowest BCUT2D eigenvalue weighted by Gasteiger charge is -2.32. The lowest BCUT2D eigenvalue weighted by Crippen LogP contribution is -2.35. The van der Waals surface area contributed by atoms with E-state index in [1.807, 2.05) is 48.7 Å². The first-order valence-corrected chi connectivity index (χ1v) is 8.93. The molecule has 1 fully saturated rings. The van der Waals surface area contributed by atoms with Gasteiger partial charge in [0, 0.05) is 24.1 Å². The fraction of sp³-hybridized carbons (Fsp3) is 0.286. The molecule has 1 saturated heterocycles. The number of para-hydroxylation sites is 1. The van der Waals surface area contributed by atoms with Crippen LogP contribution in [0.15, 0.2) is 66.5 Å². The molecule has 0 aliphatic carbocycles. The normalized spacial score (nSPS) is 16.2. The van der Waals surface area contributed by atoms with Crippen LogP contribution in [0.4, 0.5) is 5.69 Å². The van der Waals surface area contributed by atoms with Gasteiger partial charge in [-0.25, -0.2) is 0 Å². The Balaban J connectivity index is 1.49. The number of anilines is 1. The van der Waals surface area contributed by atoms with Gasteiger partial charge in [-0.2, -0.15) is 0 Å². The van der Waals surface area contributed by atoms with Crippen LogP contribution in [-0.2, 0) is 4.79 Å². The van der Waals surface area contributed by atoms with E-state index in [1.54, 1.807) is 6.07 Å². The molecule has 0 atom stereocenters.